The summed E-state index contributed by atoms with van der Waals surface area (Å²) in [5, 5.41) is 5.71. The molecule has 1 aliphatic rings. The van der Waals surface area contributed by atoms with Crippen molar-refractivity contribution in [3.63, 3.8) is 0 Å². The van der Waals surface area contributed by atoms with Crippen molar-refractivity contribution in [3.8, 4) is 5.75 Å². The average molecular weight is 343 g/mol. The van der Waals surface area contributed by atoms with Crippen molar-refractivity contribution in [2.45, 2.75) is 32.7 Å². The number of urea groups is 1. The number of hydrogen-bond donors (Lipinski definition) is 2. The number of nitrogens with zero attached hydrogens (tertiary/aromatic N) is 1. The van der Waals surface area contributed by atoms with Crippen LogP contribution in [0.4, 0.5) is 9.18 Å². The van der Waals surface area contributed by atoms with Crippen molar-refractivity contribution in [2.75, 3.05) is 13.2 Å². The molecule has 25 heavy (non-hydrogen) atoms. The maximum absolute atomic E-state index is 13.3. The summed E-state index contributed by atoms with van der Waals surface area (Å²) in [6.45, 7) is 4.91. The van der Waals surface area contributed by atoms with Gasteiger partial charge in [-0.3, -0.25) is 4.98 Å². The molecule has 0 radical (unpaired) electrons. The van der Waals surface area contributed by atoms with Gasteiger partial charge in [0.15, 0.2) is 0 Å². The molecular formula is C19H22FN3O2. The van der Waals surface area contributed by atoms with Gasteiger partial charge in [-0.15, -0.1) is 0 Å². The Morgan fingerprint density at radius 2 is 2.20 bits per heavy atom. The van der Waals surface area contributed by atoms with Crippen molar-refractivity contribution in [1.29, 1.82) is 0 Å². The van der Waals surface area contributed by atoms with Crippen LogP contribution >= 0.6 is 0 Å². The number of amides is 2. The Hall–Kier alpha value is -2.63. The molecule has 1 aromatic heterocycles. The van der Waals surface area contributed by atoms with Gasteiger partial charge in [-0.25, -0.2) is 9.18 Å². The van der Waals surface area contributed by atoms with Crippen LogP contribution in [0.3, 0.4) is 0 Å². The lowest BCUT2D eigenvalue weighted by molar-refractivity contribution is 0.214. The Labute approximate surface area is 146 Å². The van der Waals surface area contributed by atoms with E-state index in [1.165, 1.54) is 12.1 Å². The molecular weight excluding hydrogens is 321 g/mol. The molecule has 3 rings (SSSR count). The fourth-order valence-electron chi connectivity index (χ4n) is 2.99. The molecule has 0 aliphatic carbocycles. The molecule has 2 aromatic rings. The number of halogens is 1. The van der Waals surface area contributed by atoms with Crippen LogP contribution in [-0.2, 0) is 12.8 Å². The van der Waals surface area contributed by atoms with E-state index in [1.54, 1.807) is 6.07 Å². The average Bonchev–Trinajstić information content (AvgIpc) is 2.56. The second-order valence-electron chi connectivity index (χ2n) is 6.39. The Balaban J connectivity index is 1.47. The lowest BCUT2D eigenvalue weighted by atomic mass is 10.0. The Bertz CT molecular complexity index is 779. The van der Waals surface area contributed by atoms with E-state index in [2.05, 4.69) is 21.7 Å². The van der Waals surface area contributed by atoms with Crippen molar-refractivity contribution in [1.82, 2.24) is 15.6 Å². The first-order valence-electron chi connectivity index (χ1n) is 8.39. The Kier molecular flexibility index (Phi) is 5.16. The molecule has 1 aromatic carbocycles. The number of ether oxygens (including phenoxy) is 1. The van der Waals surface area contributed by atoms with Crippen LogP contribution in [0.15, 0.2) is 30.5 Å². The minimum absolute atomic E-state index is 0.173. The Morgan fingerprint density at radius 3 is 3.00 bits per heavy atom. The fourth-order valence-corrected chi connectivity index (χ4v) is 2.99. The number of carbonyl (C=O) groups is 1. The van der Waals surface area contributed by atoms with E-state index in [9.17, 15) is 9.18 Å². The molecule has 1 atom stereocenters. The third-order valence-electron chi connectivity index (χ3n) is 4.23. The summed E-state index contributed by atoms with van der Waals surface area (Å²) in [5.41, 5.74) is 4.01. The molecule has 0 bridgehead atoms. The number of aryl methyl sites for hydroxylation is 2. The standard InChI is InChI=1S/C19H22FN3O2/c1-12-7-13(2)17(22-10-12)5-6-21-19(24)23-16-9-14-8-15(20)3-4-18(14)25-11-16/h3-4,7-8,10,16H,5-6,9,11H2,1-2H3,(H2,21,23,24). The lowest BCUT2D eigenvalue weighted by Gasteiger charge is -2.26. The molecule has 2 N–H and O–H groups in total. The fraction of sp³-hybridized carbons (Fsp3) is 0.368. The smallest absolute Gasteiger partial charge is 0.315 e. The van der Waals surface area contributed by atoms with Crippen LogP contribution in [-0.4, -0.2) is 30.2 Å². The van der Waals surface area contributed by atoms with Gasteiger partial charge in [0.2, 0.25) is 0 Å². The van der Waals surface area contributed by atoms with Crippen LogP contribution in [0, 0.1) is 19.7 Å². The van der Waals surface area contributed by atoms with E-state index in [1.807, 2.05) is 20.0 Å². The molecule has 0 spiro atoms. The minimum Gasteiger partial charge on any atom is -0.491 e. The highest BCUT2D eigenvalue weighted by Crippen LogP contribution is 2.25. The summed E-state index contributed by atoms with van der Waals surface area (Å²) in [5.74, 6) is 0.384. The van der Waals surface area contributed by atoms with Gasteiger partial charge in [0.05, 0.1) is 6.04 Å². The van der Waals surface area contributed by atoms with E-state index in [0.29, 0.717) is 31.7 Å². The van der Waals surface area contributed by atoms with Crippen molar-refractivity contribution in [3.05, 3.63) is 58.7 Å². The minimum atomic E-state index is -0.298. The Morgan fingerprint density at radius 1 is 1.36 bits per heavy atom. The van der Waals surface area contributed by atoms with Gasteiger partial charge >= 0.3 is 6.03 Å². The van der Waals surface area contributed by atoms with E-state index in [0.717, 1.165) is 22.4 Å². The van der Waals surface area contributed by atoms with Gasteiger partial charge < -0.3 is 15.4 Å². The van der Waals surface area contributed by atoms with Crippen molar-refractivity contribution in [2.24, 2.45) is 0 Å². The van der Waals surface area contributed by atoms with E-state index in [-0.39, 0.29) is 17.9 Å². The van der Waals surface area contributed by atoms with Gasteiger partial charge in [-0.2, -0.15) is 0 Å². The first-order chi connectivity index (χ1) is 12.0. The predicted octanol–water partition coefficient (Wildman–Crippen LogP) is 2.68. The largest absolute Gasteiger partial charge is 0.491 e. The number of hydrogen-bond acceptors (Lipinski definition) is 3. The zero-order valence-corrected chi connectivity index (χ0v) is 14.4. The van der Waals surface area contributed by atoms with Crippen molar-refractivity contribution >= 4 is 6.03 Å². The third kappa shape index (κ3) is 4.47. The topological polar surface area (TPSA) is 63.2 Å². The summed E-state index contributed by atoms with van der Waals surface area (Å²) >= 11 is 0. The van der Waals surface area contributed by atoms with Gasteiger partial charge in [0, 0.05) is 24.9 Å². The third-order valence-corrected chi connectivity index (χ3v) is 4.23. The van der Waals surface area contributed by atoms with Gasteiger partial charge in [0.25, 0.3) is 0 Å². The molecule has 0 saturated carbocycles. The molecule has 1 unspecified atom stereocenters. The molecule has 2 heterocycles. The second-order valence-corrected chi connectivity index (χ2v) is 6.39. The number of benzene rings is 1. The van der Waals surface area contributed by atoms with Crippen LogP contribution in [0.25, 0.3) is 0 Å². The lowest BCUT2D eigenvalue weighted by Crippen LogP contribution is -2.47. The predicted molar refractivity (Wildman–Crippen MR) is 93.3 cm³/mol. The number of fused-ring (bicyclic) bond motifs is 1. The summed E-state index contributed by atoms with van der Waals surface area (Å²) < 4.78 is 18.9. The summed E-state index contributed by atoms with van der Waals surface area (Å²) in [7, 11) is 0. The number of nitrogens with one attached hydrogen (secondary N) is 2. The SMILES string of the molecule is Cc1cnc(CCNC(=O)NC2COc3ccc(F)cc3C2)c(C)c1. The first-order valence-corrected chi connectivity index (χ1v) is 8.39. The maximum atomic E-state index is 13.3. The molecule has 2 amide bonds. The zero-order valence-electron chi connectivity index (χ0n) is 14.4. The summed E-state index contributed by atoms with van der Waals surface area (Å²) in [6, 6.07) is 6.11. The number of rotatable bonds is 4. The number of carbonyl (C=O) groups excluding carboxylic acids is 1. The molecule has 5 nitrogen and oxygen atoms in total. The monoisotopic (exact) mass is 343 g/mol. The normalized spacial score (nSPS) is 15.9. The molecule has 132 valence electrons. The molecule has 0 saturated heterocycles. The van der Waals surface area contributed by atoms with Gasteiger partial charge in [-0.1, -0.05) is 6.07 Å². The van der Waals surface area contributed by atoms with Crippen LogP contribution < -0.4 is 15.4 Å². The quantitative estimate of drug-likeness (QED) is 0.897. The highest BCUT2D eigenvalue weighted by molar-refractivity contribution is 5.74. The highest BCUT2D eigenvalue weighted by atomic mass is 19.1. The van der Waals surface area contributed by atoms with Gasteiger partial charge in [-0.05, 0) is 55.2 Å². The van der Waals surface area contributed by atoms with Crippen LogP contribution in [0.2, 0.25) is 0 Å². The van der Waals surface area contributed by atoms with Gasteiger partial charge in [0.1, 0.15) is 18.2 Å². The highest BCUT2D eigenvalue weighted by Gasteiger charge is 2.21. The summed E-state index contributed by atoms with van der Waals surface area (Å²) in [4.78, 5) is 16.4. The zero-order chi connectivity index (χ0) is 17.8. The van der Waals surface area contributed by atoms with Crippen molar-refractivity contribution < 1.29 is 13.9 Å². The summed E-state index contributed by atoms with van der Waals surface area (Å²) in [6.07, 6.45) is 3.06. The second kappa shape index (κ2) is 7.51. The first kappa shape index (κ1) is 17.2. The molecule has 0 fully saturated rings. The maximum Gasteiger partial charge on any atom is 0.315 e. The molecule has 1 aliphatic heterocycles. The van der Waals surface area contributed by atoms with E-state index in [4.69, 9.17) is 4.74 Å². The number of aromatic nitrogens is 1. The van der Waals surface area contributed by atoms with Crippen LogP contribution in [0.5, 0.6) is 5.75 Å². The molecule has 6 heteroatoms. The number of pyridine rings is 1. The van der Waals surface area contributed by atoms with E-state index >= 15 is 0 Å². The van der Waals surface area contributed by atoms with Crippen LogP contribution in [0.1, 0.15) is 22.4 Å². The van der Waals surface area contributed by atoms with E-state index < -0.39 is 0 Å².